The van der Waals surface area contributed by atoms with Gasteiger partial charge in [-0.3, -0.25) is 14.9 Å². The van der Waals surface area contributed by atoms with Crippen molar-refractivity contribution in [2.75, 3.05) is 0 Å². The fourth-order valence-electron chi connectivity index (χ4n) is 0.926. The first kappa shape index (κ1) is 9.31. The number of hydrogen-bond acceptors (Lipinski definition) is 3. The van der Waals surface area contributed by atoms with E-state index in [0.29, 0.717) is 0 Å². The number of nitro groups is 1. The Morgan fingerprint density at radius 1 is 1.54 bits per heavy atom. The van der Waals surface area contributed by atoms with Crippen LogP contribution in [0, 0.1) is 22.9 Å². The van der Waals surface area contributed by atoms with Crippen molar-refractivity contribution in [3.05, 3.63) is 39.2 Å². The normalized spacial score (nSPS) is 9.69. The Labute approximate surface area is 73.1 Å². The fraction of sp³-hybridized carbons (Fsp3) is 0.125. The molecule has 0 N–H and O–H groups in total. The topological polar surface area (TPSA) is 60.2 Å². The molecule has 1 radical (unpaired) electrons. The molecule has 0 aliphatic carbocycles. The number of nitro benzene ring substituents is 1. The van der Waals surface area contributed by atoms with Gasteiger partial charge in [0, 0.05) is 0 Å². The van der Waals surface area contributed by atoms with Crippen LogP contribution in [0.5, 0.6) is 0 Å². The first-order chi connectivity index (χ1) is 6.07. The zero-order chi connectivity index (χ0) is 10.0. The highest BCUT2D eigenvalue weighted by atomic mass is 19.1. The molecule has 0 bridgehead atoms. The molecule has 0 saturated heterocycles. The summed E-state index contributed by atoms with van der Waals surface area (Å²) in [7, 11) is 0. The third-order valence-corrected chi connectivity index (χ3v) is 1.60. The van der Waals surface area contributed by atoms with E-state index in [0.717, 1.165) is 0 Å². The molecule has 4 nitrogen and oxygen atoms in total. The predicted octanol–water partition coefficient (Wildman–Crippen LogP) is 1.50. The molecule has 0 aliphatic heterocycles. The average Bonchev–Trinajstić information content (AvgIpc) is 2.08. The Balaban J connectivity index is 3.50. The summed E-state index contributed by atoms with van der Waals surface area (Å²) in [6.07, 6.45) is 1.31. The molecule has 0 fully saturated rings. The second-order valence-electron chi connectivity index (χ2n) is 2.45. The number of aryl methyl sites for hydroxylation is 1. The summed E-state index contributed by atoms with van der Waals surface area (Å²) in [6, 6.07) is 2.46. The number of hydrogen-bond donors (Lipinski definition) is 0. The minimum absolute atomic E-state index is 0.130. The second kappa shape index (κ2) is 3.30. The molecular formula is C8H5FNO3. The maximum Gasteiger partial charge on any atom is 0.316 e. The molecule has 13 heavy (non-hydrogen) atoms. The Hall–Kier alpha value is -1.78. The number of nitrogens with zero attached hydrogens (tertiary/aromatic N) is 1. The lowest BCUT2D eigenvalue weighted by atomic mass is 10.1. The van der Waals surface area contributed by atoms with Gasteiger partial charge in [-0.25, -0.2) is 0 Å². The highest BCUT2D eigenvalue weighted by Gasteiger charge is 2.21. The van der Waals surface area contributed by atoms with E-state index in [9.17, 15) is 19.3 Å². The van der Waals surface area contributed by atoms with Crippen LogP contribution in [0.1, 0.15) is 11.1 Å². The predicted molar refractivity (Wildman–Crippen MR) is 42.6 cm³/mol. The van der Waals surface area contributed by atoms with E-state index in [-0.39, 0.29) is 11.1 Å². The molecule has 0 unspecified atom stereocenters. The lowest BCUT2D eigenvalue weighted by Gasteiger charge is -1.98. The minimum atomic E-state index is -0.981. The van der Waals surface area contributed by atoms with Crippen LogP contribution < -0.4 is 0 Å². The van der Waals surface area contributed by atoms with Gasteiger partial charge in [-0.1, -0.05) is 6.07 Å². The molecule has 0 heterocycles. The van der Waals surface area contributed by atoms with Crippen molar-refractivity contribution in [2.24, 2.45) is 0 Å². The van der Waals surface area contributed by atoms with Crippen molar-refractivity contribution >= 4 is 12.0 Å². The van der Waals surface area contributed by atoms with Crippen LogP contribution in [0.4, 0.5) is 10.1 Å². The Kier molecular flexibility index (Phi) is 2.36. The van der Waals surface area contributed by atoms with E-state index in [2.05, 4.69) is 0 Å². The third kappa shape index (κ3) is 1.53. The summed E-state index contributed by atoms with van der Waals surface area (Å²) in [6.45, 7) is 1.39. The fourth-order valence-corrected chi connectivity index (χ4v) is 0.926. The molecule has 0 atom stereocenters. The van der Waals surface area contributed by atoms with Crippen LogP contribution in [0.2, 0.25) is 0 Å². The zero-order valence-electron chi connectivity index (χ0n) is 6.70. The molecule has 5 heteroatoms. The smallest absolute Gasteiger partial charge is 0.285 e. The van der Waals surface area contributed by atoms with Gasteiger partial charge in [0.15, 0.2) is 0 Å². The Morgan fingerprint density at radius 2 is 2.15 bits per heavy atom. The lowest BCUT2D eigenvalue weighted by Crippen LogP contribution is -1.99. The summed E-state index contributed by atoms with van der Waals surface area (Å²) >= 11 is 0. The molecule has 1 aromatic carbocycles. The van der Waals surface area contributed by atoms with E-state index >= 15 is 0 Å². The van der Waals surface area contributed by atoms with Crippen LogP contribution in [-0.2, 0) is 4.79 Å². The maximum absolute atomic E-state index is 13.1. The van der Waals surface area contributed by atoms with Gasteiger partial charge in [-0.15, -0.1) is 0 Å². The van der Waals surface area contributed by atoms with Crippen LogP contribution in [0.3, 0.4) is 0 Å². The maximum atomic E-state index is 13.1. The average molecular weight is 182 g/mol. The van der Waals surface area contributed by atoms with Gasteiger partial charge in [-0.05, 0) is 18.6 Å². The van der Waals surface area contributed by atoms with Crippen LogP contribution >= 0.6 is 0 Å². The third-order valence-electron chi connectivity index (χ3n) is 1.60. The Bertz CT molecular complexity index is 376. The first-order valence-corrected chi connectivity index (χ1v) is 3.39. The highest BCUT2D eigenvalue weighted by Crippen LogP contribution is 2.23. The monoisotopic (exact) mass is 182 g/mol. The van der Waals surface area contributed by atoms with E-state index in [1.54, 1.807) is 0 Å². The van der Waals surface area contributed by atoms with E-state index in [1.165, 1.54) is 25.3 Å². The van der Waals surface area contributed by atoms with Crippen molar-refractivity contribution < 1.29 is 14.1 Å². The number of rotatable bonds is 2. The number of carbonyl (C=O) groups excluding carboxylic acids is 1. The largest absolute Gasteiger partial charge is 0.316 e. The SMILES string of the molecule is Cc1ccc([C]=O)c([N+](=O)[O-])c1F. The van der Waals surface area contributed by atoms with Gasteiger partial charge in [0.25, 0.3) is 0 Å². The van der Waals surface area contributed by atoms with Gasteiger partial charge in [-0.2, -0.15) is 4.39 Å². The number of benzene rings is 1. The molecule has 0 aromatic heterocycles. The second-order valence-corrected chi connectivity index (χ2v) is 2.45. The highest BCUT2D eigenvalue weighted by molar-refractivity contribution is 5.82. The molecule has 1 rings (SSSR count). The van der Waals surface area contributed by atoms with E-state index < -0.39 is 16.4 Å². The van der Waals surface area contributed by atoms with Crippen LogP contribution in [-0.4, -0.2) is 11.2 Å². The zero-order valence-corrected chi connectivity index (χ0v) is 6.70. The van der Waals surface area contributed by atoms with Gasteiger partial charge in [0.05, 0.1) is 4.92 Å². The van der Waals surface area contributed by atoms with Crippen molar-refractivity contribution in [1.82, 2.24) is 0 Å². The molecule has 1 aromatic rings. The summed E-state index contributed by atoms with van der Waals surface area (Å²) in [5.41, 5.74) is -1.05. The standard InChI is InChI=1S/C8H5FNO3/c1-5-2-3-6(4-11)8(7(5)9)10(12)13/h2-3H,1H3. The van der Waals surface area contributed by atoms with Crippen molar-refractivity contribution in [3.63, 3.8) is 0 Å². The van der Waals surface area contributed by atoms with Crippen molar-refractivity contribution in [1.29, 1.82) is 0 Å². The molecule has 0 aliphatic rings. The summed E-state index contributed by atoms with van der Waals surface area (Å²) in [5, 5.41) is 10.3. The quantitative estimate of drug-likeness (QED) is 0.514. The summed E-state index contributed by atoms with van der Waals surface area (Å²) in [5.74, 6) is -0.981. The minimum Gasteiger partial charge on any atom is -0.285 e. The first-order valence-electron chi connectivity index (χ1n) is 3.39. The van der Waals surface area contributed by atoms with E-state index in [4.69, 9.17) is 0 Å². The molecule has 0 spiro atoms. The molecule has 67 valence electrons. The van der Waals surface area contributed by atoms with Gasteiger partial charge >= 0.3 is 5.69 Å². The lowest BCUT2D eigenvalue weighted by molar-refractivity contribution is -0.387. The van der Waals surface area contributed by atoms with E-state index in [1.807, 2.05) is 0 Å². The van der Waals surface area contributed by atoms with Crippen molar-refractivity contribution in [3.8, 4) is 0 Å². The number of halogens is 1. The summed E-state index contributed by atoms with van der Waals surface area (Å²) < 4.78 is 13.1. The molecular weight excluding hydrogens is 177 g/mol. The van der Waals surface area contributed by atoms with Crippen LogP contribution in [0.15, 0.2) is 12.1 Å². The molecule has 0 saturated carbocycles. The molecule has 0 amide bonds. The van der Waals surface area contributed by atoms with Gasteiger partial charge in [0.1, 0.15) is 5.56 Å². The Morgan fingerprint density at radius 3 is 2.62 bits per heavy atom. The van der Waals surface area contributed by atoms with Gasteiger partial charge < -0.3 is 0 Å². The summed E-state index contributed by atoms with van der Waals surface area (Å²) in [4.78, 5) is 19.6. The van der Waals surface area contributed by atoms with Gasteiger partial charge in [0.2, 0.25) is 12.1 Å². The van der Waals surface area contributed by atoms with Crippen molar-refractivity contribution in [2.45, 2.75) is 6.92 Å². The van der Waals surface area contributed by atoms with Crippen LogP contribution in [0.25, 0.3) is 0 Å².